The van der Waals surface area contributed by atoms with E-state index in [2.05, 4.69) is 0 Å². The van der Waals surface area contributed by atoms with Crippen molar-refractivity contribution in [2.75, 3.05) is 14.1 Å². The Hall–Kier alpha value is -2.62. The van der Waals surface area contributed by atoms with Crippen LogP contribution in [0.1, 0.15) is 31.8 Å². The third-order valence-electron chi connectivity index (χ3n) is 3.19. The number of amides is 2. The Labute approximate surface area is 131 Å². The van der Waals surface area contributed by atoms with Gasteiger partial charge in [-0.25, -0.2) is 0 Å². The van der Waals surface area contributed by atoms with Gasteiger partial charge < -0.3 is 10.6 Å². The van der Waals surface area contributed by atoms with Gasteiger partial charge in [-0.3, -0.25) is 9.59 Å². The van der Waals surface area contributed by atoms with Crippen LogP contribution in [0.5, 0.6) is 0 Å². The number of nitrogens with zero attached hydrogens (tertiary/aromatic N) is 1. The first-order valence-electron chi connectivity index (χ1n) is 6.97. The van der Waals surface area contributed by atoms with Gasteiger partial charge in [-0.1, -0.05) is 36.4 Å². The Kier molecular flexibility index (Phi) is 6.32. The van der Waals surface area contributed by atoms with Crippen LogP contribution in [0.25, 0.3) is 0 Å². The Morgan fingerprint density at radius 3 is 1.55 bits per heavy atom. The Morgan fingerprint density at radius 1 is 0.818 bits per heavy atom. The topological polar surface area (TPSA) is 63.4 Å². The molecule has 4 nitrogen and oxygen atoms in total. The molecule has 2 amide bonds. The third kappa shape index (κ3) is 4.74. The molecule has 116 valence electrons. The molecule has 0 saturated heterocycles. The van der Waals surface area contributed by atoms with Crippen LogP contribution in [0.4, 0.5) is 0 Å². The highest BCUT2D eigenvalue weighted by Gasteiger charge is 2.08. The zero-order chi connectivity index (χ0) is 16.7. The molecule has 0 fully saturated rings. The molecule has 0 aromatic heterocycles. The average molecular weight is 298 g/mol. The number of carbonyl (C=O) groups excluding carboxylic acids is 2. The molecule has 0 saturated carbocycles. The summed E-state index contributed by atoms with van der Waals surface area (Å²) < 4.78 is 0. The second-order valence-electron chi connectivity index (χ2n) is 5.19. The maximum Gasteiger partial charge on any atom is 0.253 e. The SMILES string of the molecule is Cc1ccccc1C(=O)N(C)C.Cc1ccccc1C(N)=O. The Bertz CT molecular complexity index is 664. The van der Waals surface area contributed by atoms with Crippen LogP contribution < -0.4 is 5.73 Å². The maximum atomic E-state index is 11.5. The van der Waals surface area contributed by atoms with Gasteiger partial charge in [-0.05, 0) is 37.1 Å². The fourth-order valence-electron chi connectivity index (χ4n) is 1.90. The lowest BCUT2D eigenvalue weighted by molar-refractivity contribution is 0.0826. The van der Waals surface area contributed by atoms with E-state index >= 15 is 0 Å². The number of benzene rings is 2. The van der Waals surface area contributed by atoms with Crippen LogP contribution in [0.15, 0.2) is 48.5 Å². The van der Waals surface area contributed by atoms with E-state index < -0.39 is 0 Å². The van der Waals surface area contributed by atoms with Crippen LogP contribution in [0.3, 0.4) is 0 Å². The fourth-order valence-corrected chi connectivity index (χ4v) is 1.90. The molecule has 0 aliphatic heterocycles. The van der Waals surface area contributed by atoms with E-state index in [-0.39, 0.29) is 11.8 Å². The minimum Gasteiger partial charge on any atom is -0.366 e. The van der Waals surface area contributed by atoms with Gasteiger partial charge in [0.15, 0.2) is 0 Å². The van der Waals surface area contributed by atoms with Gasteiger partial charge in [-0.2, -0.15) is 0 Å². The molecule has 0 aliphatic carbocycles. The van der Waals surface area contributed by atoms with E-state index in [1.165, 1.54) is 0 Å². The minimum absolute atomic E-state index is 0.0631. The normalized spacial score (nSPS) is 9.45. The monoisotopic (exact) mass is 298 g/mol. The summed E-state index contributed by atoms with van der Waals surface area (Å²) in [5.74, 6) is -0.300. The summed E-state index contributed by atoms with van der Waals surface area (Å²) in [5, 5.41) is 0. The largest absolute Gasteiger partial charge is 0.366 e. The number of rotatable bonds is 2. The van der Waals surface area contributed by atoms with Gasteiger partial charge in [0.25, 0.3) is 5.91 Å². The molecule has 2 N–H and O–H groups in total. The lowest BCUT2D eigenvalue weighted by Crippen LogP contribution is -2.22. The van der Waals surface area contributed by atoms with Gasteiger partial charge in [0.1, 0.15) is 0 Å². The molecule has 0 unspecified atom stereocenters. The molecule has 2 aromatic carbocycles. The van der Waals surface area contributed by atoms with Crippen molar-refractivity contribution in [1.82, 2.24) is 4.90 Å². The fraction of sp³-hybridized carbons (Fsp3) is 0.222. The van der Waals surface area contributed by atoms with Crippen molar-refractivity contribution in [1.29, 1.82) is 0 Å². The Balaban J connectivity index is 0.000000224. The summed E-state index contributed by atoms with van der Waals surface area (Å²) in [5.41, 5.74) is 8.41. The van der Waals surface area contributed by atoms with Crippen LogP contribution >= 0.6 is 0 Å². The van der Waals surface area contributed by atoms with Crippen molar-refractivity contribution in [3.05, 3.63) is 70.8 Å². The molecule has 0 heterocycles. The number of carbonyl (C=O) groups is 2. The molecule has 0 atom stereocenters. The van der Waals surface area contributed by atoms with Crippen molar-refractivity contribution in [2.24, 2.45) is 5.73 Å². The molecule has 22 heavy (non-hydrogen) atoms. The number of hydrogen-bond donors (Lipinski definition) is 1. The minimum atomic E-state index is -0.363. The first kappa shape index (κ1) is 17.4. The molecule has 0 spiro atoms. The molecule has 4 heteroatoms. The summed E-state index contributed by atoms with van der Waals surface area (Å²) in [6, 6.07) is 14.9. The number of hydrogen-bond acceptors (Lipinski definition) is 2. The van der Waals surface area contributed by atoms with E-state index in [1.54, 1.807) is 31.1 Å². The van der Waals surface area contributed by atoms with Crippen LogP contribution in [-0.4, -0.2) is 30.8 Å². The lowest BCUT2D eigenvalue weighted by Gasteiger charge is -2.11. The van der Waals surface area contributed by atoms with E-state index in [1.807, 2.05) is 50.2 Å². The summed E-state index contributed by atoms with van der Waals surface area (Å²) in [4.78, 5) is 23.7. The zero-order valence-corrected chi connectivity index (χ0v) is 13.5. The third-order valence-corrected chi connectivity index (χ3v) is 3.19. The van der Waals surface area contributed by atoms with E-state index in [4.69, 9.17) is 5.73 Å². The van der Waals surface area contributed by atoms with E-state index in [9.17, 15) is 9.59 Å². The molecule has 0 aliphatic rings. The van der Waals surface area contributed by atoms with Gasteiger partial charge in [0.05, 0.1) is 0 Å². The second kappa shape index (κ2) is 7.98. The van der Waals surface area contributed by atoms with Crippen molar-refractivity contribution >= 4 is 11.8 Å². The predicted octanol–water partition coefficient (Wildman–Crippen LogP) is 2.79. The molecular formula is C18H22N2O2. The average Bonchev–Trinajstić information content (AvgIpc) is 2.48. The van der Waals surface area contributed by atoms with E-state index in [0.717, 1.165) is 16.7 Å². The van der Waals surface area contributed by atoms with Crippen molar-refractivity contribution in [2.45, 2.75) is 13.8 Å². The smallest absolute Gasteiger partial charge is 0.253 e. The molecular weight excluding hydrogens is 276 g/mol. The van der Waals surface area contributed by atoms with Crippen LogP contribution in [0.2, 0.25) is 0 Å². The van der Waals surface area contributed by atoms with Gasteiger partial charge >= 0.3 is 0 Å². The second-order valence-corrected chi connectivity index (χ2v) is 5.19. The maximum absolute atomic E-state index is 11.5. The van der Waals surface area contributed by atoms with Gasteiger partial charge in [-0.15, -0.1) is 0 Å². The summed E-state index contributed by atoms with van der Waals surface area (Å²) in [6.45, 7) is 3.80. The van der Waals surface area contributed by atoms with Crippen molar-refractivity contribution < 1.29 is 9.59 Å². The van der Waals surface area contributed by atoms with Crippen LogP contribution in [-0.2, 0) is 0 Å². The highest BCUT2D eigenvalue weighted by molar-refractivity contribution is 5.95. The lowest BCUT2D eigenvalue weighted by atomic mass is 10.1. The number of nitrogens with two attached hydrogens (primary N) is 1. The quantitative estimate of drug-likeness (QED) is 0.926. The standard InChI is InChI=1S/C10H13NO.C8H9NO/c1-8-6-4-5-7-9(8)10(12)11(2)3;1-6-4-2-3-5-7(6)8(9)10/h4-7H,1-3H3;2-5H,1H3,(H2,9,10). The van der Waals surface area contributed by atoms with E-state index in [0.29, 0.717) is 5.56 Å². The number of primary amides is 1. The molecule has 0 bridgehead atoms. The summed E-state index contributed by atoms with van der Waals surface area (Å²) in [6.07, 6.45) is 0. The first-order valence-corrected chi connectivity index (χ1v) is 6.97. The number of aryl methyl sites for hydroxylation is 2. The molecule has 0 radical (unpaired) electrons. The Morgan fingerprint density at radius 2 is 1.23 bits per heavy atom. The van der Waals surface area contributed by atoms with Crippen molar-refractivity contribution in [3.63, 3.8) is 0 Å². The van der Waals surface area contributed by atoms with Gasteiger partial charge in [0.2, 0.25) is 5.91 Å². The van der Waals surface area contributed by atoms with Crippen LogP contribution in [0, 0.1) is 13.8 Å². The highest BCUT2D eigenvalue weighted by atomic mass is 16.2. The molecule has 2 aromatic rings. The highest BCUT2D eigenvalue weighted by Crippen LogP contribution is 2.08. The zero-order valence-electron chi connectivity index (χ0n) is 13.5. The summed E-state index contributed by atoms with van der Waals surface area (Å²) >= 11 is 0. The predicted molar refractivity (Wildman–Crippen MR) is 88.9 cm³/mol. The van der Waals surface area contributed by atoms with Crippen molar-refractivity contribution in [3.8, 4) is 0 Å². The first-order chi connectivity index (χ1) is 10.3. The summed E-state index contributed by atoms with van der Waals surface area (Å²) in [7, 11) is 3.52. The molecule has 2 rings (SSSR count). The van der Waals surface area contributed by atoms with Gasteiger partial charge in [0, 0.05) is 25.2 Å².